The van der Waals surface area contributed by atoms with E-state index >= 15 is 0 Å². The van der Waals surface area contributed by atoms with Crippen LogP contribution in [-0.4, -0.2) is 56.6 Å². The van der Waals surface area contributed by atoms with Gasteiger partial charge in [0.05, 0.1) is 11.7 Å². The van der Waals surface area contributed by atoms with E-state index in [4.69, 9.17) is 0 Å². The van der Waals surface area contributed by atoms with Crippen LogP contribution in [0.5, 0.6) is 0 Å². The molecule has 6 nitrogen and oxygen atoms in total. The van der Waals surface area contributed by atoms with Gasteiger partial charge in [0.1, 0.15) is 0 Å². The molecule has 116 valence electrons. The largest absolute Gasteiger partial charge is 0.353 e. The van der Waals surface area contributed by atoms with E-state index < -0.39 is 10.0 Å². The maximum atomic E-state index is 12.1. The van der Waals surface area contributed by atoms with E-state index in [1.165, 1.54) is 4.31 Å². The highest BCUT2D eigenvalue weighted by Crippen LogP contribution is 2.16. The molecular weight excluding hydrogens is 278 g/mol. The Morgan fingerprint density at radius 1 is 1.30 bits per heavy atom. The predicted molar refractivity (Wildman–Crippen MR) is 77.8 cm³/mol. The van der Waals surface area contributed by atoms with Gasteiger partial charge in [-0.25, -0.2) is 12.7 Å². The lowest BCUT2D eigenvalue weighted by Gasteiger charge is -2.32. The van der Waals surface area contributed by atoms with Crippen LogP contribution in [0, 0.1) is 5.92 Å². The molecule has 0 aliphatic carbocycles. The zero-order valence-electron chi connectivity index (χ0n) is 12.1. The number of piperidine rings is 2. The number of carbonyl (C=O) groups excluding carboxylic acids is 1. The van der Waals surface area contributed by atoms with E-state index in [0.717, 1.165) is 25.9 Å². The van der Waals surface area contributed by atoms with Crippen LogP contribution in [0.1, 0.15) is 32.6 Å². The number of amides is 1. The molecule has 0 radical (unpaired) electrons. The average molecular weight is 303 g/mol. The first-order chi connectivity index (χ1) is 9.53. The van der Waals surface area contributed by atoms with Crippen molar-refractivity contribution in [3.05, 3.63) is 0 Å². The molecule has 0 bridgehead atoms. The highest BCUT2D eigenvalue weighted by molar-refractivity contribution is 7.89. The highest BCUT2D eigenvalue weighted by Gasteiger charge is 2.29. The Labute approximate surface area is 121 Å². The quantitative estimate of drug-likeness (QED) is 0.761. The average Bonchev–Trinajstić information content (AvgIpc) is 2.48. The van der Waals surface area contributed by atoms with Crippen LogP contribution in [0.15, 0.2) is 0 Å². The molecule has 2 heterocycles. The highest BCUT2D eigenvalue weighted by atomic mass is 32.2. The maximum absolute atomic E-state index is 12.1. The molecule has 2 rings (SSSR count). The van der Waals surface area contributed by atoms with Crippen LogP contribution >= 0.6 is 0 Å². The third-order valence-corrected chi connectivity index (χ3v) is 6.11. The SMILES string of the molecule is CCS(=O)(=O)N1CCC(NC(=O)C2CCCNC2)CC1. The molecule has 7 heteroatoms. The Balaban J connectivity index is 1.78. The lowest BCUT2D eigenvalue weighted by Crippen LogP contribution is -2.49. The zero-order chi connectivity index (χ0) is 14.6. The number of nitrogens with one attached hydrogen (secondary N) is 2. The number of sulfonamides is 1. The van der Waals surface area contributed by atoms with Crippen molar-refractivity contribution >= 4 is 15.9 Å². The van der Waals surface area contributed by atoms with Crippen molar-refractivity contribution in [2.24, 2.45) is 5.92 Å². The van der Waals surface area contributed by atoms with E-state index in [1.807, 2.05) is 0 Å². The maximum Gasteiger partial charge on any atom is 0.224 e. The molecule has 1 amide bonds. The number of hydrogen-bond acceptors (Lipinski definition) is 4. The van der Waals surface area contributed by atoms with Crippen molar-refractivity contribution in [3.8, 4) is 0 Å². The predicted octanol–water partition coefficient (Wildman–Crippen LogP) is -0.0837. The number of nitrogens with zero attached hydrogens (tertiary/aromatic N) is 1. The summed E-state index contributed by atoms with van der Waals surface area (Å²) in [6.45, 7) is 4.46. The third-order valence-electron chi connectivity index (χ3n) is 4.23. The van der Waals surface area contributed by atoms with Gasteiger partial charge < -0.3 is 10.6 Å². The summed E-state index contributed by atoms with van der Waals surface area (Å²) in [5, 5.41) is 6.32. The van der Waals surface area contributed by atoms with Gasteiger partial charge in [-0.15, -0.1) is 0 Å². The van der Waals surface area contributed by atoms with Gasteiger partial charge in [0.25, 0.3) is 0 Å². The van der Waals surface area contributed by atoms with Crippen molar-refractivity contribution in [1.29, 1.82) is 0 Å². The fourth-order valence-electron chi connectivity index (χ4n) is 2.86. The molecule has 1 atom stereocenters. The van der Waals surface area contributed by atoms with Crippen LogP contribution in [0.2, 0.25) is 0 Å². The van der Waals surface area contributed by atoms with Gasteiger partial charge >= 0.3 is 0 Å². The molecule has 0 aromatic carbocycles. The Hall–Kier alpha value is -0.660. The minimum absolute atomic E-state index is 0.0705. The van der Waals surface area contributed by atoms with Crippen molar-refractivity contribution in [2.45, 2.75) is 38.6 Å². The molecule has 0 aromatic heterocycles. The van der Waals surface area contributed by atoms with Gasteiger partial charge in [-0.2, -0.15) is 0 Å². The van der Waals surface area contributed by atoms with Crippen LogP contribution < -0.4 is 10.6 Å². The Morgan fingerprint density at radius 3 is 2.55 bits per heavy atom. The van der Waals surface area contributed by atoms with Crippen molar-refractivity contribution < 1.29 is 13.2 Å². The Morgan fingerprint density at radius 2 is 2.00 bits per heavy atom. The number of rotatable bonds is 4. The zero-order valence-corrected chi connectivity index (χ0v) is 12.9. The molecule has 2 aliphatic heterocycles. The van der Waals surface area contributed by atoms with Gasteiger partial charge in [-0.1, -0.05) is 0 Å². The number of carbonyl (C=O) groups is 1. The van der Waals surface area contributed by atoms with Crippen LogP contribution in [0.25, 0.3) is 0 Å². The van der Waals surface area contributed by atoms with Gasteiger partial charge in [0, 0.05) is 25.7 Å². The second-order valence-corrected chi connectivity index (χ2v) is 7.88. The first-order valence-corrected chi connectivity index (χ1v) is 9.12. The lowest BCUT2D eigenvalue weighted by molar-refractivity contribution is -0.126. The van der Waals surface area contributed by atoms with Gasteiger partial charge in [0.15, 0.2) is 0 Å². The molecule has 2 saturated heterocycles. The summed E-state index contributed by atoms with van der Waals surface area (Å²) in [6.07, 6.45) is 3.42. The molecule has 1 unspecified atom stereocenters. The lowest BCUT2D eigenvalue weighted by atomic mass is 9.97. The molecule has 2 N–H and O–H groups in total. The summed E-state index contributed by atoms with van der Waals surface area (Å²) >= 11 is 0. The fraction of sp³-hybridized carbons (Fsp3) is 0.923. The van der Waals surface area contributed by atoms with Crippen molar-refractivity contribution in [1.82, 2.24) is 14.9 Å². The summed E-state index contributed by atoms with van der Waals surface area (Å²) in [5.41, 5.74) is 0. The molecule has 20 heavy (non-hydrogen) atoms. The number of hydrogen-bond donors (Lipinski definition) is 2. The summed E-state index contributed by atoms with van der Waals surface area (Å²) < 4.78 is 25.1. The van der Waals surface area contributed by atoms with Crippen LogP contribution in [0.3, 0.4) is 0 Å². The van der Waals surface area contributed by atoms with E-state index in [9.17, 15) is 13.2 Å². The van der Waals surface area contributed by atoms with Gasteiger partial charge in [-0.3, -0.25) is 4.79 Å². The minimum atomic E-state index is -3.08. The summed E-state index contributed by atoms with van der Waals surface area (Å²) in [6, 6.07) is 0.118. The minimum Gasteiger partial charge on any atom is -0.353 e. The standard InChI is InChI=1S/C13H25N3O3S/c1-2-20(18,19)16-8-5-12(6-9-16)15-13(17)11-4-3-7-14-10-11/h11-12,14H,2-10H2,1H3,(H,15,17). The summed E-state index contributed by atoms with van der Waals surface area (Å²) in [5.74, 6) is 0.341. The smallest absolute Gasteiger partial charge is 0.224 e. The summed E-state index contributed by atoms with van der Waals surface area (Å²) in [7, 11) is -3.08. The molecule has 0 spiro atoms. The molecule has 2 aliphatic rings. The molecule has 0 aromatic rings. The topological polar surface area (TPSA) is 78.5 Å². The van der Waals surface area contributed by atoms with Crippen LogP contribution in [0.4, 0.5) is 0 Å². The first-order valence-electron chi connectivity index (χ1n) is 7.52. The second kappa shape index (κ2) is 6.87. The van der Waals surface area contributed by atoms with Gasteiger partial charge in [0.2, 0.25) is 15.9 Å². The molecule has 0 saturated carbocycles. The second-order valence-electron chi connectivity index (χ2n) is 5.63. The molecular formula is C13H25N3O3S. The van der Waals surface area contributed by atoms with E-state index in [0.29, 0.717) is 25.9 Å². The van der Waals surface area contributed by atoms with E-state index in [2.05, 4.69) is 10.6 Å². The normalized spacial score (nSPS) is 26.4. The van der Waals surface area contributed by atoms with Gasteiger partial charge in [-0.05, 0) is 39.2 Å². The Bertz CT molecular complexity index is 424. The third kappa shape index (κ3) is 3.93. The van der Waals surface area contributed by atoms with Crippen LogP contribution in [-0.2, 0) is 14.8 Å². The Kier molecular flexibility index (Phi) is 5.40. The van der Waals surface area contributed by atoms with E-state index in [1.54, 1.807) is 6.92 Å². The first kappa shape index (κ1) is 15.7. The monoisotopic (exact) mass is 303 g/mol. The van der Waals surface area contributed by atoms with Crippen molar-refractivity contribution in [2.75, 3.05) is 31.9 Å². The fourth-order valence-corrected chi connectivity index (χ4v) is 3.99. The van der Waals surface area contributed by atoms with E-state index in [-0.39, 0.29) is 23.6 Å². The van der Waals surface area contributed by atoms with Crippen molar-refractivity contribution in [3.63, 3.8) is 0 Å². The summed E-state index contributed by atoms with van der Waals surface area (Å²) in [4.78, 5) is 12.1. The molecule has 2 fully saturated rings.